The Kier molecular flexibility index (Phi) is 3.52. The van der Waals surface area contributed by atoms with Crippen molar-refractivity contribution in [2.45, 2.75) is 19.5 Å². The van der Waals surface area contributed by atoms with Crippen LogP contribution in [-0.4, -0.2) is 9.78 Å². The molecule has 0 aliphatic carbocycles. The molecule has 102 valence electrons. The van der Waals surface area contributed by atoms with Gasteiger partial charge in [0.15, 0.2) is 0 Å². The Morgan fingerprint density at radius 1 is 1.15 bits per heavy atom. The average Bonchev–Trinajstić information content (AvgIpc) is 2.91. The van der Waals surface area contributed by atoms with Gasteiger partial charge in [0, 0.05) is 31.4 Å². The van der Waals surface area contributed by atoms with Gasteiger partial charge in [-0.05, 0) is 23.3 Å². The molecule has 3 aromatic rings. The number of nitrogens with one attached hydrogen (secondary N) is 1. The minimum absolute atomic E-state index is 0.294. The third kappa shape index (κ3) is 2.58. The molecule has 1 heterocycles. The van der Waals surface area contributed by atoms with Crippen LogP contribution in [0.3, 0.4) is 0 Å². The van der Waals surface area contributed by atoms with Crippen LogP contribution in [0.5, 0.6) is 0 Å². The molecule has 0 bridgehead atoms. The summed E-state index contributed by atoms with van der Waals surface area (Å²) in [6.07, 6.45) is 3.97. The standard InChI is InChI=1S/C17H19N3/c1-13(16-11-19-20(2)12-16)18-10-15-8-5-7-14-6-3-4-9-17(14)15/h3-9,11-13,18H,10H2,1-2H3. The van der Waals surface area contributed by atoms with E-state index in [1.165, 1.54) is 21.9 Å². The molecule has 1 atom stereocenters. The Labute approximate surface area is 119 Å². The normalized spacial score (nSPS) is 12.7. The molecule has 0 saturated carbocycles. The Balaban J connectivity index is 1.77. The second-order valence-corrected chi connectivity index (χ2v) is 5.19. The summed E-state index contributed by atoms with van der Waals surface area (Å²) in [7, 11) is 1.95. The van der Waals surface area contributed by atoms with E-state index in [1.807, 2.05) is 17.9 Å². The lowest BCUT2D eigenvalue weighted by Crippen LogP contribution is -2.17. The van der Waals surface area contributed by atoms with Gasteiger partial charge in [0.2, 0.25) is 0 Å². The van der Waals surface area contributed by atoms with Crippen molar-refractivity contribution in [3.05, 3.63) is 66.0 Å². The maximum atomic E-state index is 4.22. The molecule has 0 radical (unpaired) electrons. The van der Waals surface area contributed by atoms with Crippen molar-refractivity contribution < 1.29 is 0 Å². The fourth-order valence-electron chi connectivity index (χ4n) is 2.49. The van der Waals surface area contributed by atoms with Crippen LogP contribution in [0.1, 0.15) is 24.1 Å². The quantitative estimate of drug-likeness (QED) is 0.783. The van der Waals surface area contributed by atoms with Gasteiger partial charge in [0.25, 0.3) is 0 Å². The molecule has 20 heavy (non-hydrogen) atoms. The second-order valence-electron chi connectivity index (χ2n) is 5.19. The number of aryl methyl sites for hydroxylation is 1. The second kappa shape index (κ2) is 5.47. The van der Waals surface area contributed by atoms with Crippen molar-refractivity contribution in [2.24, 2.45) is 7.05 Å². The molecule has 1 unspecified atom stereocenters. The molecular weight excluding hydrogens is 246 g/mol. The summed E-state index contributed by atoms with van der Waals surface area (Å²) in [5.74, 6) is 0. The van der Waals surface area contributed by atoms with Crippen molar-refractivity contribution in [3.63, 3.8) is 0 Å². The van der Waals surface area contributed by atoms with E-state index in [-0.39, 0.29) is 0 Å². The summed E-state index contributed by atoms with van der Waals surface area (Å²) in [5.41, 5.74) is 2.55. The largest absolute Gasteiger partial charge is 0.306 e. The first kappa shape index (κ1) is 12.9. The van der Waals surface area contributed by atoms with Crippen molar-refractivity contribution >= 4 is 10.8 Å². The molecule has 0 saturated heterocycles. The zero-order valence-corrected chi connectivity index (χ0v) is 11.9. The van der Waals surface area contributed by atoms with E-state index in [2.05, 4.69) is 66.0 Å². The monoisotopic (exact) mass is 265 g/mol. The Hall–Kier alpha value is -2.13. The van der Waals surface area contributed by atoms with Crippen LogP contribution in [0.25, 0.3) is 10.8 Å². The first-order valence-electron chi connectivity index (χ1n) is 6.92. The summed E-state index contributed by atoms with van der Waals surface area (Å²) in [6.45, 7) is 3.03. The van der Waals surface area contributed by atoms with Crippen LogP contribution in [0, 0.1) is 0 Å². The van der Waals surface area contributed by atoms with Gasteiger partial charge in [0.1, 0.15) is 0 Å². The predicted molar refractivity (Wildman–Crippen MR) is 82.4 cm³/mol. The maximum absolute atomic E-state index is 4.22. The van der Waals surface area contributed by atoms with E-state index >= 15 is 0 Å². The minimum atomic E-state index is 0.294. The molecule has 0 aliphatic rings. The van der Waals surface area contributed by atoms with Gasteiger partial charge in [0.05, 0.1) is 6.20 Å². The predicted octanol–water partition coefficient (Wildman–Crippen LogP) is 3.42. The number of nitrogens with zero attached hydrogens (tertiary/aromatic N) is 2. The summed E-state index contributed by atoms with van der Waals surface area (Å²) < 4.78 is 1.84. The van der Waals surface area contributed by atoms with Crippen LogP contribution >= 0.6 is 0 Å². The van der Waals surface area contributed by atoms with Gasteiger partial charge in [-0.2, -0.15) is 5.10 Å². The third-order valence-corrected chi connectivity index (χ3v) is 3.70. The van der Waals surface area contributed by atoms with E-state index in [0.717, 1.165) is 6.54 Å². The summed E-state index contributed by atoms with van der Waals surface area (Å²) >= 11 is 0. The molecule has 0 amide bonds. The Morgan fingerprint density at radius 2 is 1.95 bits per heavy atom. The molecule has 0 aliphatic heterocycles. The molecule has 2 aromatic carbocycles. The number of hydrogen-bond donors (Lipinski definition) is 1. The van der Waals surface area contributed by atoms with Crippen LogP contribution in [0.4, 0.5) is 0 Å². The molecular formula is C17H19N3. The van der Waals surface area contributed by atoms with Gasteiger partial charge < -0.3 is 5.32 Å². The highest BCUT2D eigenvalue weighted by Gasteiger charge is 2.07. The first-order valence-corrected chi connectivity index (χ1v) is 6.92. The van der Waals surface area contributed by atoms with Crippen molar-refractivity contribution in [3.8, 4) is 0 Å². The summed E-state index contributed by atoms with van der Waals surface area (Å²) in [6, 6.07) is 15.3. The van der Waals surface area contributed by atoms with Crippen molar-refractivity contribution in [2.75, 3.05) is 0 Å². The number of hydrogen-bond acceptors (Lipinski definition) is 2. The van der Waals surface area contributed by atoms with Gasteiger partial charge >= 0.3 is 0 Å². The highest BCUT2D eigenvalue weighted by Crippen LogP contribution is 2.19. The summed E-state index contributed by atoms with van der Waals surface area (Å²) in [4.78, 5) is 0. The van der Waals surface area contributed by atoms with E-state index in [4.69, 9.17) is 0 Å². The lowest BCUT2D eigenvalue weighted by atomic mass is 10.0. The van der Waals surface area contributed by atoms with Crippen LogP contribution in [0.2, 0.25) is 0 Å². The summed E-state index contributed by atoms with van der Waals surface area (Å²) in [5, 5.41) is 10.4. The van der Waals surface area contributed by atoms with E-state index in [0.29, 0.717) is 6.04 Å². The highest BCUT2D eigenvalue weighted by molar-refractivity contribution is 5.85. The smallest absolute Gasteiger partial charge is 0.0537 e. The number of fused-ring (bicyclic) bond motifs is 1. The lowest BCUT2D eigenvalue weighted by Gasteiger charge is -2.13. The fourth-order valence-corrected chi connectivity index (χ4v) is 2.49. The zero-order chi connectivity index (χ0) is 13.9. The molecule has 0 fully saturated rings. The maximum Gasteiger partial charge on any atom is 0.0537 e. The Morgan fingerprint density at radius 3 is 2.75 bits per heavy atom. The highest BCUT2D eigenvalue weighted by atomic mass is 15.2. The topological polar surface area (TPSA) is 29.9 Å². The van der Waals surface area contributed by atoms with Crippen molar-refractivity contribution in [1.29, 1.82) is 0 Å². The Bertz CT molecular complexity index is 710. The molecule has 1 aromatic heterocycles. The van der Waals surface area contributed by atoms with Crippen LogP contribution in [0.15, 0.2) is 54.9 Å². The number of rotatable bonds is 4. The molecule has 0 spiro atoms. The average molecular weight is 265 g/mol. The minimum Gasteiger partial charge on any atom is -0.306 e. The first-order chi connectivity index (χ1) is 9.74. The number of aromatic nitrogens is 2. The number of benzene rings is 2. The SMILES string of the molecule is CC(NCc1cccc2ccccc12)c1cnn(C)c1. The molecule has 3 rings (SSSR count). The van der Waals surface area contributed by atoms with Crippen LogP contribution < -0.4 is 5.32 Å². The van der Waals surface area contributed by atoms with Gasteiger partial charge in [-0.3, -0.25) is 4.68 Å². The van der Waals surface area contributed by atoms with E-state index in [9.17, 15) is 0 Å². The third-order valence-electron chi connectivity index (χ3n) is 3.70. The van der Waals surface area contributed by atoms with Gasteiger partial charge in [-0.25, -0.2) is 0 Å². The van der Waals surface area contributed by atoms with Crippen LogP contribution in [-0.2, 0) is 13.6 Å². The van der Waals surface area contributed by atoms with Gasteiger partial charge in [-0.1, -0.05) is 42.5 Å². The fraction of sp³-hybridized carbons (Fsp3) is 0.235. The van der Waals surface area contributed by atoms with E-state index < -0.39 is 0 Å². The van der Waals surface area contributed by atoms with Crippen molar-refractivity contribution in [1.82, 2.24) is 15.1 Å². The molecule has 3 heteroatoms. The molecule has 1 N–H and O–H groups in total. The lowest BCUT2D eigenvalue weighted by molar-refractivity contribution is 0.576. The van der Waals surface area contributed by atoms with E-state index in [1.54, 1.807) is 0 Å². The zero-order valence-electron chi connectivity index (χ0n) is 11.9. The molecule has 3 nitrogen and oxygen atoms in total. The van der Waals surface area contributed by atoms with Gasteiger partial charge in [-0.15, -0.1) is 0 Å².